The first-order valence-electron chi connectivity index (χ1n) is 12.0. The molecule has 3 N–H and O–H groups in total. The quantitative estimate of drug-likeness (QED) is 0.535. The van der Waals surface area contributed by atoms with E-state index in [4.69, 9.17) is 4.74 Å². The number of hydrogen-bond donors (Lipinski definition) is 3. The van der Waals surface area contributed by atoms with Gasteiger partial charge in [-0.25, -0.2) is 4.79 Å². The number of amides is 2. The Morgan fingerprint density at radius 3 is 2.21 bits per heavy atom. The van der Waals surface area contributed by atoms with Crippen molar-refractivity contribution in [3.63, 3.8) is 0 Å². The van der Waals surface area contributed by atoms with E-state index in [1.807, 2.05) is 31.2 Å². The minimum Gasteiger partial charge on any atom is -0.481 e. The largest absolute Gasteiger partial charge is 0.481 e. The van der Waals surface area contributed by atoms with Gasteiger partial charge in [0.1, 0.15) is 12.1 Å². The maximum absolute atomic E-state index is 13.1. The standard InChI is InChI=1S/C27H32N2O5/c1-3-14-27(2,25(32)28-18-13-12-17(15-18)24(30)31)29-26(33)34-16-23-21-10-6-4-8-19(21)20-9-5-7-11-22(20)23/h4-11,17-18,23H,3,12-16H2,1-2H3,(H,28,32)(H,29,33)(H,30,31)/t17-,18+,27?/m0/s1. The van der Waals surface area contributed by atoms with Gasteiger partial charge in [0.2, 0.25) is 5.91 Å². The Bertz CT molecular complexity index is 1040. The molecule has 0 saturated heterocycles. The van der Waals surface area contributed by atoms with Gasteiger partial charge in [-0.3, -0.25) is 9.59 Å². The highest BCUT2D eigenvalue weighted by Gasteiger charge is 2.38. The molecule has 0 aliphatic heterocycles. The van der Waals surface area contributed by atoms with Crippen molar-refractivity contribution in [3.05, 3.63) is 59.7 Å². The number of fused-ring (bicyclic) bond motifs is 3. The second-order valence-corrected chi connectivity index (χ2v) is 9.55. The normalized spacial score (nSPS) is 20.6. The molecule has 7 heteroatoms. The van der Waals surface area contributed by atoms with E-state index in [1.54, 1.807) is 6.92 Å². The molecule has 34 heavy (non-hydrogen) atoms. The SMILES string of the molecule is CCCC(C)(NC(=O)OCC1c2ccccc2-c2ccccc21)C(=O)N[C@@H]1CC[C@H](C(=O)O)C1. The number of ether oxygens (including phenoxy) is 1. The van der Waals surface area contributed by atoms with Crippen LogP contribution in [0, 0.1) is 5.92 Å². The molecule has 1 fully saturated rings. The van der Waals surface area contributed by atoms with Crippen molar-refractivity contribution in [2.75, 3.05) is 6.61 Å². The summed E-state index contributed by atoms with van der Waals surface area (Å²) in [6.45, 7) is 3.81. The number of carboxylic acids is 1. The van der Waals surface area contributed by atoms with Crippen LogP contribution in [0.25, 0.3) is 11.1 Å². The lowest BCUT2D eigenvalue weighted by Gasteiger charge is -2.30. The molecule has 0 heterocycles. The van der Waals surface area contributed by atoms with Gasteiger partial charge in [-0.05, 0) is 54.9 Å². The summed E-state index contributed by atoms with van der Waals surface area (Å²) < 4.78 is 5.64. The highest BCUT2D eigenvalue weighted by atomic mass is 16.5. The van der Waals surface area contributed by atoms with Gasteiger partial charge < -0.3 is 20.5 Å². The van der Waals surface area contributed by atoms with Crippen molar-refractivity contribution in [2.24, 2.45) is 5.92 Å². The highest BCUT2D eigenvalue weighted by molar-refractivity contribution is 5.90. The summed E-state index contributed by atoms with van der Waals surface area (Å²) in [6, 6.07) is 16.0. The van der Waals surface area contributed by atoms with Crippen LogP contribution in [0.2, 0.25) is 0 Å². The van der Waals surface area contributed by atoms with E-state index >= 15 is 0 Å². The van der Waals surface area contributed by atoms with Crippen molar-refractivity contribution in [1.29, 1.82) is 0 Å². The molecule has 2 aromatic rings. The minimum atomic E-state index is -1.14. The van der Waals surface area contributed by atoms with Gasteiger partial charge >= 0.3 is 12.1 Å². The van der Waals surface area contributed by atoms with Crippen LogP contribution in [0.5, 0.6) is 0 Å². The predicted octanol–water partition coefficient (Wildman–Crippen LogP) is 4.45. The molecule has 180 valence electrons. The fourth-order valence-corrected chi connectivity index (χ4v) is 5.27. The summed E-state index contributed by atoms with van der Waals surface area (Å²) in [7, 11) is 0. The van der Waals surface area contributed by atoms with Crippen LogP contribution in [0.15, 0.2) is 48.5 Å². The van der Waals surface area contributed by atoms with E-state index < -0.39 is 23.5 Å². The van der Waals surface area contributed by atoms with E-state index in [-0.39, 0.29) is 24.5 Å². The molecule has 2 amide bonds. The number of carbonyl (C=O) groups is 3. The Kier molecular flexibility index (Phi) is 6.91. The zero-order valence-electron chi connectivity index (χ0n) is 19.7. The maximum Gasteiger partial charge on any atom is 0.408 e. The maximum atomic E-state index is 13.1. The molecule has 2 aliphatic rings. The topological polar surface area (TPSA) is 105 Å². The second kappa shape index (κ2) is 9.87. The van der Waals surface area contributed by atoms with Gasteiger partial charge in [-0.15, -0.1) is 0 Å². The highest BCUT2D eigenvalue weighted by Crippen LogP contribution is 2.44. The zero-order chi connectivity index (χ0) is 24.3. The monoisotopic (exact) mass is 464 g/mol. The third-order valence-electron chi connectivity index (χ3n) is 7.09. The van der Waals surface area contributed by atoms with E-state index in [0.717, 1.165) is 22.3 Å². The molecule has 0 radical (unpaired) electrons. The Morgan fingerprint density at radius 2 is 1.65 bits per heavy atom. The Labute approximate surface area is 199 Å². The summed E-state index contributed by atoms with van der Waals surface area (Å²) >= 11 is 0. The van der Waals surface area contributed by atoms with Crippen LogP contribution in [0.4, 0.5) is 4.79 Å². The molecule has 0 spiro atoms. The van der Waals surface area contributed by atoms with Crippen molar-refractivity contribution >= 4 is 18.0 Å². The second-order valence-electron chi connectivity index (χ2n) is 9.55. The van der Waals surface area contributed by atoms with E-state index in [1.165, 1.54) is 0 Å². The van der Waals surface area contributed by atoms with Crippen LogP contribution in [-0.2, 0) is 14.3 Å². The number of benzene rings is 2. The first-order chi connectivity index (χ1) is 16.3. The number of rotatable bonds is 8. The average molecular weight is 465 g/mol. The summed E-state index contributed by atoms with van der Waals surface area (Å²) in [5.74, 6) is -1.63. The predicted molar refractivity (Wildman–Crippen MR) is 128 cm³/mol. The van der Waals surface area contributed by atoms with Crippen LogP contribution >= 0.6 is 0 Å². The Balaban J connectivity index is 1.39. The number of aliphatic carboxylic acids is 1. The molecule has 0 bridgehead atoms. The molecule has 3 atom stereocenters. The Hall–Kier alpha value is -3.35. The van der Waals surface area contributed by atoms with Crippen molar-refractivity contribution < 1.29 is 24.2 Å². The molecule has 1 saturated carbocycles. The number of alkyl carbamates (subject to hydrolysis) is 1. The molecule has 0 aromatic heterocycles. The smallest absolute Gasteiger partial charge is 0.408 e. The molecule has 1 unspecified atom stereocenters. The first-order valence-corrected chi connectivity index (χ1v) is 12.0. The van der Waals surface area contributed by atoms with Crippen LogP contribution < -0.4 is 10.6 Å². The molecule has 4 rings (SSSR count). The summed E-state index contributed by atoms with van der Waals surface area (Å²) in [5, 5.41) is 14.9. The van der Waals surface area contributed by atoms with Crippen molar-refractivity contribution in [3.8, 4) is 11.1 Å². The van der Waals surface area contributed by atoms with Gasteiger partial charge in [0.15, 0.2) is 0 Å². The summed E-state index contributed by atoms with van der Waals surface area (Å²) in [5.41, 5.74) is 3.41. The first kappa shape index (κ1) is 23.8. The number of hydrogen-bond acceptors (Lipinski definition) is 4. The lowest BCUT2D eigenvalue weighted by molar-refractivity contribution is -0.141. The fraction of sp³-hybridized carbons (Fsp3) is 0.444. The van der Waals surface area contributed by atoms with Gasteiger partial charge in [0, 0.05) is 12.0 Å². The lowest BCUT2D eigenvalue weighted by atomic mass is 9.94. The molecular formula is C27H32N2O5. The molecule has 2 aromatic carbocycles. The fourth-order valence-electron chi connectivity index (χ4n) is 5.27. The van der Waals surface area contributed by atoms with Gasteiger partial charge in [0.25, 0.3) is 0 Å². The zero-order valence-corrected chi connectivity index (χ0v) is 19.7. The summed E-state index contributed by atoms with van der Waals surface area (Å²) in [4.78, 5) is 37.1. The van der Waals surface area contributed by atoms with E-state index in [2.05, 4.69) is 34.9 Å². The molecule has 7 nitrogen and oxygen atoms in total. The van der Waals surface area contributed by atoms with E-state index in [0.29, 0.717) is 32.1 Å². The van der Waals surface area contributed by atoms with E-state index in [9.17, 15) is 19.5 Å². The minimum absolute atomic E-state index is 0.0594. The third kappa shape index (κ3) is 4.79. The average Bonchev–Trinajstić information content (AvgIpc) is 3.41. The van der Waals surface area contributed by atoms with Crippen molar-refractivity contribution in [1.82, 2.24) is 10.6 Å². The number of carboxylic acid groups (broad SMARTS) is 1. The molecule has 2 aliphatic carbocycles. The molecular weight excluding hydrogens is 432 g/mol. The van der Waals surface area contributed by atoms with Gasteiger partial charge in [0.05, 0.1) is 5.92 Å². The van der Waals surface area contributed by atoms with Crippen LogP contribution in [0.1, 0.15) is 63.0 Å². The summed E-state index contributed by atoms with van der Waals surface area (Å²) in [6.07, 6.45) is 2.07. The van der Waals surface area contributed by atoms with Gasteiger partial charge in [-0.2, -0.15) is 0 Å². The lowest BCUT2D eigenvalue weighted by Crippen LogP contribution is -2.58. The van der Waals surface area contributed by atoms with Crippen LogP contribution in [-0.4, -0.2) is 41.3 Å². The van der Waals surface area contributed by atoms with Crippen LogP contribution in [0.3, 0.4) is 0 Å². The Morgan fingerprint density at radius 1 is 1.03 bits per heavy atom. The van der Waals surface area contributed by atoms with Gasteiger partial charge in [-0.1, -0.05) is 61.9 Å². The number of carbonyl (C=O) groups excluding carboxylic acids is 2. The van der Waals surface area contributed by atoms with Crippen molar-refractivity contribution in [2.45, 2.75) is 63.5 Å². The number of nitrogens with one attached hydrogen (secondary N) is 2. The third-order valence-corrected chi connectivity index (χ3v) is 7.09.